The molecule has 1 aromatic carbocycles. The quantitative estimate of drug-likeness (QED) is 0.174. The summed E-state index contributed by atoms with van der Waals surface area (Å²) in [5.41, 5.74) is 1.78. The van der Waals surface area contributed by atoms with E-state index in [1.54, 1.807) is 10.6 Å². The summed E-state index contributed by atoms with van der Waals surface area (Å²) in [7, 11) is 0. The van der Waals surface area contributed by atoms with Gasteiger partial charge in [-0.3, -0.25) is 14.2 Å². The van der Waals surface area contributed by atoms with E-state index in [9.17, 15) is 9.59 Å². The lowest BCUT2D eigenvalue weighted by molar-refractivity contribution is 0.102. The molecule has 0 unspecified atom stereocenters. The Kier molecular flexibility index (Phi) is 5.57. The lowest BCUT2D eigenvalue weighted by Gasteiger charge is -2.10. The van der Waals surface area contributed by atoms with Crippen LogP contribution in [0.4, 0.5) is 0 Å². The van der Waals surface area contributed by atoms with Crippen LogP contribution in [-0.2, 0) is 6.54 Å². The highest BCUT2D eigenvalue weighted by Crippen LogP contribution is 2.32. The molecule has 7 heteroatoms. The van der Waals surface area contributed by atoms with E-state index < -0.39 is 0 Å². The van der Waals surface area contributed by atoms with Crippen molar-refractivity contribution in [3.8, 4) is 11.1 Å². The van der Waals surface area contributed by atoms with Crippen LogP contribution in [0.2, 0.25) is 0 Å². The number of aromatic nitrogens is 2. The highest BCUT2D eigenvalue weighted by Gasteiger charge is 2.18. The van der Waals surface area contributed by atoms with E-state index in [0.717, 1.165) is 11.1 Å². The Bertz CT molecular complexity index is 1190. The first kappa shape index (κ1) is 18.9. The third-order valence-corrected chi connectivity index (χ3v) is 6.94. The molecular formula is C21H16N2O2S3. The molecule has 0 aliphatic rings. The predicted octanol–water partition coefficient (Wildman–Crippen LogP) is 5.35. The maximum absolute atomic E-state index is 13.3. The van der Waals surface area contributed by atoms with E-state index in [-0.39, 0.29) is 17.1 Å². The molecule has 0 aliphatic carbocycles. The maximum Gasteiger partial charge on any atom is 0.263 e. The van der Waals surface area contributed by atoms with Gasteiger partial charge in [-0.05, 0) is 17.0 Å². The van der Waals surface area contributed by atoms with Gasteiger partial charge < -0.3 is 0 Å². The van der Waals surface area contributed by atoms with E-state index in [4.69, 9.17) is 4.98 Å². The second-order valence-electron chi connectivity index (χ2n) is 5.98. The van der Waals surface area contributed by atoms with Crippen LogP contribution in [0, 0.1) is 0 Å². The largest absolute Gasteiger partial charge is 0.292 e. The number of hydrogen-bond donors (Lipinski definition) is 0. The number of carbonyl (C=O) groups excluding carboxylic acids is 1. The van der Waals surface area contributed by atoms with E-state index in [1.165, 1.54) is 34.4 Å². The summed E-state index contributed by atoms with van der Waals surface area (Å²) >= 11 is 4.17. The SMILES string of the molecule is C=CCn1c(SCC(=O)c2cccs2)nc2scc(-c3ccccc3)c2c1=O. The average molecular weight is 425 g/mol. The predicted molar refractivity (Wildman–Crippen MR) is 119 cm³/mol. The van der Waals surface area contributed by atoms with Gasteiger partial charge in [-0.2, -0.15) is 0 Å². The number of rotatable bonds is 7. The van der Waals surface area contributed by atoms with Gasteiger partial charge in [0.05, 0.1) is 16.0 Å². The van der Waals surface area contributed by atoms with Crippen molar-refractivity contribution in [1.82, 2.24) is 9.55 Å². The van der Waals surface area contributed by atoms with Crippen LogP contribution in [0.3, 0.4) is 0 Å². The first-order valence-corrected chi connectivity index (χ1v) is 11.3. The van der Waals surface area contributed by atoms with E-state index in [0.29, 0.717) is 26.8 Å². The number of ketones is 1. The van der Waals surface area contributed by atoms with Gasteiger partial charge in [-0.1, -0.05) is 54.2 Å². The minimum Gasteiger partial charge on any atom is -0.292 e. The van der Waals surface area contributed by atoms with Gasteiger partial charge in [0.25, 0.3) is 5.56 Å². The smallest absolute Gasteiger partial charge is 0.263 e. The minimum atomic E-state index is -0.101. The lowest BCUT2D eigenvalue weighted by Crippen LogP contribution is -2.23. The van der Waals surface area contributed by atoms with Gasteiger partial charge in [0.15, 0.2) is 10.9 Å². The molecule has 140 valence electrons. The van der Waals surface area contributed by atoms with Crippen LogP contribution in [0.1, 0.15) is 9.67 Å². The van der Waals surface area contributed by atoms with Gasteiger partial charge in [0, 0.05) is 17.5 Å². The number of fused-ring (bicyclic) bond motifs is 1. The fraction of sp³-hybridized carbons (Fsp3) is 0.0952. The molecule has 0 spiro atoms. The molecule has 0 saturated heterocycles. The zero-order chi connectivity index (χ0) is 19.5. The normalized spacial score (nSPS) is 11.0. The van der Waals surface area contributed by atoms with Crippen molar-refractivity contribution in [2.75, 3.05) is 5.75 Å². The number of thiophene rings is 2. The third kappa shape index (κ3) is 3.61. The highest BCUT2D eigenvalue weighted by molar-refractivity contribution is 7.99. The molecule has 0 amide bonds. The van der Waals surface area contributed by atoms with Crippen molar-refractivity contribution in [3.63, 3.8) is 0 Å². The Morgan fingerprint density at radius 3 is 2.71 bits per heavy atom. The second kappa shape index (κ2) is 8.26. The highest BCUT2D eigenvalue weighted by atomic mass is 32.2. The Balaban J connectivity index is 1.75. The summed E-state index contributed by atoms with van der Waals surface area (Å²) in [5.74, 6) is 0.280. The molecule has 4 nitrogen and oxygen atoms in total. The van der Waals surface area contributed by atoms with Crippen molar-refractivity contribution in [2.24, 2.45) is 0 Å². The van der Waals surface area contributed by atoms with Gasteiger partial charge >= 0.3 is 0 Å². The van der Waals surface area contributed by atoms with Crippen LogP contribution in [0.15, 0.2) is 75.8 Å². The standard InChI is InChI=1S/C21H16N2O2S3/c1-2-10-23-20(25)18-15(14-7-4-3-5-8-14)12-27-19(18)22-21(23)28-13-16(24)17-9-6-11-26-17/h2-9,11-12H,1,10,13H2. The number of nitrogens with zero attached hydrogens (tertiary/aromatic N) is 2. The lowest BCUT2D eigenvalue weighted by atomic mass is 10.1. The zero-order valence-corrected chi connectivity index (χ0v) is 17.3. The van der Waals surface area contributed by atoms with Crippen LogP contribution in [-0.4, -0.2) is 21.1 Å². The summed E-state index contributed by atoms with van der Waals surface area (Å²) in [6.45, 7) is 4.11. The van der Waals surface area contributed by atoms with Gasteiger partial charge in [-0.25, -0.2) is 4.98 Å². The Hall–Kier alpha value is -2.48. The Morgan fingerprint density at radius 1 is 1.18 bits per heavy atom. The van der Waals surface area contributed by atoms with Crippen molar-refractivity contribution in [1.29, 1.82) is 0 Å². The van der Waals surface area contributed by atoms with Crippen molar-refractivity contribution < 1.29 is 4.79 Å². The summed E-state index contributed by atoms with van der Waals surface area (Å²) < 4.78 is 1.60. The van der Waals surface area contributed by atoms with E-state index in [1.807, 2.05) is 53.2 Å². The van der Waals surface area contributed by atoms with E-state index in [2.05, 4.69) is 6.58 Å². The fourth-order valence-corrected chi connectivity index (χ4v) is 5.51. The first-order chi connectivity index (χ1) is 13.7. The summed E-state index contributed by atoms with van der Waals surface area (Å²) in [6, 6.07) is 13.5. The molecule has 0 saturated carbocycles. The molecule has 0 fully saturated rings. The number of benzene rings is 1. The first-order valence-electron chi connectivity index (χ1n) is 8.57. The second-order valence-corrected chi connectivity index (χ2v) is 8.73. The summed E-state index contributed by atoms with van der Waals surface area (Å²) in [6.07, 6.45) is 1.68. The molecule has 0 aliphatic heterocycles. The van der Waals surface area contributed by atoms with Gasteiger partial charge in [0.1, 0.15) is 4.83 Å². The molecular weight excluding hydrogens is 408 g/mol. The summed E-state index contributed by atoms with van der Waals surface area (Å²) in [5, 5.41) is 5.01. The number of allylic oxidation sites excluding steroid dienone is 1. The Morgan fingerprint density at radius 2 is 2.00 bits per heavy atom. The van der Waals surface area contributed by atoms with Crippen LogP contribution in [0.5, 0.6) is 0 Å². The van der Waals surface area contributed by atoms with Gasteiger partial charge in [-0.15, -0.1) is 29.3 Å². The molecule has 4 rings (SSSR count). The van der Waals surface area contributed by atoms with Crippen LogP contribution < -0.4 is 5.56 Å². The molecule has 0 bridgehead atoms. The average Bonchev–Trinajstić information content (AvgIpc) is 3.39. The molecule has 3 heterocycles. The van der Waals surface area contributed by atoms with E-state index >= 15 is 0 Å². The number of thioether (sulfide) groups is 1. The van der Waals surface area contributed by atoms with Crippen molar-refractivity contribution >= 4 is 50.4 Å². The molecule has 28 heavy (non-hydrogen) atoms. The number of carbonyl (C=O) groups is 1. The molecule has 3 aromatic heterocycles. The zero-order valence-electron chi connectivity index (χ0n) is 14.8. The van der Waals surface area contributed by atoms with Crippen molar-refractivity contribution in [2.45, 2.75) is 11.7 Å². The molecule has 0 atom stereocenters. The summed E-state index contributed by atoms with van der Waals surface area (Å²) in [4.78, 5) is 31.7. The molecule has 0 radical (unpaired) electrons. The number of Topliss-reactive ketones (excluding diaryl/α,β-unsaturated/α-hetero) is 1. The van der Waals surface area contributed by atoms with Crippen LogP contribution >= 0.6 is 34.4 Å². The fourth-order valence-electron chi connectivity index (χ4n) is 2.87. The number of hydrogen-bond acceptors (Lipinski definition) is 6. The Labute approximate surface area is 174 Å². The maximum atomic E-state index is 13.3. The molecule has 4 aromatic rings. The third-order valence-electron chi connectivity index (χ3n) is 4.18. The minimum absolute atomic E-state index is 0.0376. The van der Waals surface area contributed by atoms with Crippen LogP contribution in [0.25, 0.3) is 21.3 Å². The van der Waals surface area contributed by atoms with Gasteiger partial charge in [0.2, 0.25) is 0 Å². The monoisotopic (exact) mass is 424 g/mol. The molecule has 0 N–H and O–H groups in total. The van der Waals surface area contributed by atoms with Crippen molar-refractivity contribution in [3.05, 3.63) is 81.1 Å². The topological polar surface area (TPSA) is 52.0 Å².